The van der Waals surface area contributed by atoms with Crippen molar-refractivity contribution in [3.8, 4) is 0 Å². The third-order valence-corrected chi connectivity index (χ3v) is 4.72. The van der Waals surface area contributed by atoms with Crippen molar-refractivity contribution in [2.75, 3.05) is 11.9 Å². The molecule has 0 aliphatic carbocycles. The minimum atomic E-state index is 0.555. The Hall–Kier alpha value is -1.28. The molecular formula is C21H31ClN2. The number of halogens is 1. The maximum absolute atomic E-state index is 6.12. The number of hydrogen-bond donors (Lipinski definition) is 1. The van der Waals surface area contributed by atoms with Gasteiger partial charge in [0.25, 0.3) is 0 Å². The molecule has 0 saturated carbocycles. The number of pyridine rings is 1. The first-order valence-corrected chi connectivity index (χ1v) is 9.98. The van der Waals surface area contributed by atoms with E-state index in [1.165, 1.54) is 64.2 Å². The number of fused-ring (bicyclic) bond motifs is 1. The van der Waals surface area contributed by atoms with Gasteiger partial charge in [0, 0.05) is 17.6 Å². The standard InChI is InChI=1S/C21H31ClN2/c1-2-3-4-5-6-7-8-9-10-13-16-23-20-17-21(22)24-19-15-12-11-14-18(19)20/h11-12,14-15,17H,2-10,13,16H2,1H3,(H,23,24). The number of anilines is 1. The Kier molecular flexibility index (Phi) is 8.97. The van der Waals surface area contributed by atoms with Crippen LogP contribution in [0.5, 0.6) is 0 Å². The molecule has 0 amide bonds. The van der Waals surface area contributed by atoms with Gasteiger partial charge in [-0.1, -0.05) is 94.5 Å². The first kappa shape index (κ1) is 19.1. The molecule has 0 aliphatic rings. The number of para-hydroxylation sites is 1. The normalized spacial score (nSPS) is 11.1. The summed E-state index contributed by atoms with van der Waals surface area (Å²) in [6.07, 6.45) is 13.7. The summed E-state index contributed by atoms with van der Waals surface area (Å²) in [5, 5.41) is 5.23. The molecule has 24 heavy (non-hydrogen) atoms. The average Bonchev–Trinajstić information content (AvgIpc) is 2.59. The summed E-state index contributed by atoms with van der Waals surface area (Å²) in [4.78, 5) is 4.37. The zero-order valence-corrected chi connectivity index (χ0v) is 15.7. The van der Waals surface area contributed by atoms with Crippen molar-refractivity contribution >= 4 is 28.2 Å². The lowest BCUT2D eigenvalue weighted by Crippen LogP contribution is -2.02. The molecule has 2 rings (SSSR count). The van der Waals surface area contributed by atoms with Gasteiger partial charge in [-0.05, 0) is 18.6 Å². The molecule has 2 nitrogen and oxygen atoms in total. The quantitative estimate of drug-likeness (QED) is 0.324. The Bertz CT molecular complexity index is 597. The fraction of sp³-hybridized carbons (Fsp3) is 0.571. The van der Waals surface area contributed by atoms with E-state index in [1.807, 2.05) is 24.3 Å². The molecule has 1 aromatic heterocycles. The topological polar surface area (TPSA) is 24.9 Å². The largest absolute Gasteiger partial charge is 0.384 e. The summed E-state index contributed by atoms with van der Waals surface area (Å²) in [6, 6.07) is 10.1. The van der Waals surface area contributed by atoms with Gasteiger partial charge in [0.15, 0.2) is 0 Å². The molecule has 0 radical (unpaired) electrons. The van der Waals surface area contributed by atoms with Crippen LogP contribution in [0.15, 0.2) is 30.3 Å². The average molecular weight is 347 g/mol. The first-order chi connectivity index (χ1) is 11.8. The summed E-state index contributed by atoms with van der Waals surface area (Å²) in [7, 11) is 0. The Labute approximate surface area is 152 Å². The van der Waals surface area contributed by atoms with Crippen molar-refractivity contribution in [2.45, 2.75) is 71.1 Å². The molecule has 0 aliphatic heterocycles. The highest BCUT2D eigenvalue weighted by atomic mass is 35.5. The minimum Gasteiger partial charge on any atom is -0.384 e. The molecule has 1 aromatic carbocycles. The van der Waals surface area contributed by atoms with Crippen molar-refractivity contribution in [2.24, 2.45) is 0 Å². The summed E-state index contributed by atoms with van der Waals surface area (Å²) in [6.45, 7) is 3.28. The van der Waals surface area contributed by atoms with Gasteiger partial charge in [-0.2, -0.15) is 0 Å². The Balaban J connectivity index is 1.60. The van der Waals surface area contributed by atoms with Crippen molar-refractivity contribution < 1.29 is 0 Å². The number of unbranched alkanes of at least 4 members (excludes halogenated alkanes) is 9. The van der Waals surface area contributed by atoms with Gasteiger partial charge < -0.3 is 5.32 Å². The van der Waals surface area contributed by atoms with Crippen LogP contribution in [0.25, 0.3) is 10.9 Å². The van der Waals surface area contributed by atoms with Crippen LogP contribution < -0.4 is 5.32 Å². The SMILES string of the molecule is CCCCCCCCCCCCNc1cc(Cl)nc2ccccc12. The zero-order chi connectivity index (χ0) is 17.0. The van der Waals surface area contributed by atoms with Crippen LogP contribution in [0.3, 0.4) is 0 Å². The van der Waals surface area contributed by atoms with E-state index >= 15 is 0 Å². The van der Waals surface area contributed by atoms with E-state index in [1.54, 1.807) is 0 Å². The van der Waals surface area contributed by atoms with Gasteiger partial charge in [0.2, 0.25) is 0 Å². The second-order valence-electron chi connectivity index (χ2n) is 6.62. The van der Waals surface area contributed by atoms with Crippen LogP contribution in [0.4, 0.5) is 5.69 Å². The predicted octanol–water partition coefficient (Wildman–Crippen LogP) is 7.22. The van der Waals surface area contributed by atoms with Crippen LogP contribution in [0.1, 0.15) is 71.1 Å². The molecule has 0 fully saturated rings. The second-order valence-corrected chi connectivity index (χ2v) is 7.01. The molecule has 1 heterocycles. The second kappa shape index (κ2) is 11.3. The van der Waals surface area contributed by atoms with Crippen LogP contribution in [-0.4, -0.2) is 11.5 Å². The monoisotopic (exact) mass is 346 g/mol. The van der Waals surface area contributed by atoms with Crippen LogP contribution in [-0.2, 0) is 0 Å². The fourth-order valence-corrected chi connectivity index (χ4v) is 3.33. The van der Waals surface area contributed by atoms with Gasteiger partial charge in [-0.15, -0.1) is 0 Å². The van der Waals surface area contributed by atoms with E-state index in [0.717, 1.165) is 23.1 Å². The highest BCUT2D eigenvalue weighted by molar-refractivity contribution is 6.30. The van der Waals surface area contributed by atoms with Crippen LogP contribution >= 0.6 is 11.6 Å². The van der Waals surface area contributed by atoms with E-state index in [-0.39, 0.29) is 0 Å². The zero-order valence-electron chi connectivity index (χ0n) is 15.0. The number of nitrogens with one attached hydrogen (secondary N) is 1. The Morgan fingerprint density at radius 1 is 0.875 bits per heavy atom. The lowest BCUT2D eigenvalue weighted by atomic mass is 10.1. The maximum atomic E-state index is 6.12. The highest BCUT2D eigenvalue weighted by Gasteiger charge is 2.03. The Morgan fingerprint density at radius 2 is 1.50 bits per heavy atom. The number of hydrogen-bond acceptors (Lipinski definition) is 2. The van der Waals surface area contributed by atoms with E-state index in [0.29, 0.717) is 5.15 Å². The number of benzene rings is 1. The van der Waals surface area contributed by atoms with Crippen molar-refractivity contribution in [3.05, 3.63) is 35.5 Å². The van der Waals surface area contributed by atoms with E-state index < -0.39 is 0 Å². The fourth-order valence-electron chi connectivity index (χ4n) is 3.12. The lowest BCUT2D eigenvalue weighted by molar-refractivity contribution is 0.560. The maximum Gasteiger partial charge on any atom is 0.131 e. The summed E-state index contributed by atoms with van der Waals surface area (Å²) >= 11 is 6.12. The van der Waals surface area contributed by atoms with Gasteiger partial charge >= 0.3 is 0 Å². The molecule has 3 heteroatoms. The van der Waals surface area contributed by atoms with E-state index in [4.69, 9.17) is 11.6 Å². The molecule has 1 N–H and O–H groups in total. The van der Waals surface area contributed by atoms with Crippen LogP contribution in [0, 0.1) is 0 Å². The number of aromatic nitrogens is 1. The van der Waals surface area contributed by atoms with Crippen LogP contribution in [0.2, 0.25) is 5.15 Å². The van der Waals surface area contributed by atoms with Crippen molar-refractivity contribution in [3.63, 3.8) is 0 Å². The lowest BCUT2D eigenvalue weighted by Gasteiger charge is -2.10. The molecule has 0 spiro atoms. The molecule has 0 saturated heterocycles. The highest BCUT2D eigenvalue weighted by Crippen LogP contribution is 2.25. The third-order valence-electron chi connectivity index (χ3n) is 4.53. The van der Waals surface area contributed by atoms with Gasteiger partial charge in [0.1, 0.15) is 5.15 Å². The molecule has 132 valence electrons. The van der Waals surface area contributed by atoms with Crippen molar-refractivity contribution in [1.29, 1.82) is 0 Å². The predicted molar refractivity (Wildman–Crippen MR) is 107 cm³/mol. The van der Waals surface area contributed by atoms with Gasteiger partial charge in [0.05, 0.1) is 5.52 Å². The van der Waals surface area contributed by atoms with Gasteiger partial charge in [-0.25, -0.2) is 4.98 Å². The minimum absolute atomic E-state index is 0.555. The third kappa shape index (κ3) is 6.68. The smallest absolute Gasteiger partial charge is 0.131 e. The summed E-state index contributed by atoms with van der Waals surface area (Å²) in [5.74, 6) is 0. The molecule has 0 atom stereocenters. The first-order valence-electron chi connectivity index (χ1n) is 9.60. The van der Waals surface area contributed by atoms with E-state index in [9.17, 15) is 0 Å². The number of nitrogens with zero attached hydrogens (tertiary/aromatic N) is 1. The van der Waals surface area contributed by atoms with Crippen molar-refractivity contribution in [1.82, 2.24) is 4.98 Å². The molecule has 0 bridgehead atoms. The number of rotatable bonds is 12. The molecular weight excluding hydrogens is 316 g/mol. The van der Waals surface area contributed by atoms with Gasteiger partial charge in [-0.3, -0.25) is 0 Å². The summed E-state index contributed by atoms with van der Waals surface area (Å²) < 4.78 is 0. The van der Waals surface area contributed by atoms with E-state index in [2.05, 4.69) is 23.3 Å². The Morgan fingerprint density at radius 3 is 2.21 bits per heavy atom. The summed E-state index contributed by atoms with van der Waals surface area (Å²) in [5.41, 5.74) is 2.05. The molecule has 0 unspecified atom stereocenters. The molecule has 2 aromatic rings.